The minimum absolute atomic E-state index is 0.104. The predicted octanol–water partition coefficient (Wildman–Crippen LogP) is 5.69. The molecule has 0 heterocycles. The first-order valence-electron chi connectivity index (χ1n) is 11.3. The van der Waals surface area contributed by atoms with Crippen LogP contribution in [0.5, 0.6) is 0 Å². The Labute approximate surface area is 166 Å². The maximum Gasteiger partial charge on any atom is 0.303 e. The molecule has 4 nitrogen and oxygen atoms in total. The van der Waals surface area contributed by atoms with Crippen LogP contribution in [0.3, 0.4) is 0 Å². The van der Waals surface area contributed by atoms with Crippen molar-refractivity contribution in [3.63, 3.8) is 0 Å². The number of carbonyl (C=O) groups is 1. The second-order valence-corrected chi connectivity index (χ2v) is 9.74. The molecule has 0 spiro atoms. The quantitative estimate of drug-likeness (QED) is 0.265. The van der Waals surface area contributed by atoms with Gasteiger partial charge in [0.1, 0.15) is 0 Å². The van der Waals surface area contributed by atoms with Gasteiger partial charge < -0.3 is 15.3 Å². The molecule has 1 rings (SSSR count). The second kappa shape index (κ2) is 12.8. The molecular formula is C23H44O4. The van der Waals surface area contributed by atoms with E-state index in [-0.39, 0.29) is 17.9 Å². The Morgan fingerprint density at radius 2 is 1.52 bits per heavy atom. The summed E-state index contributed by atoms with van der Waals surface area (Å²) in [7, 11) is 0. The third-order valence-electron chi connectivity index (χ3n) is 6.47. The largest absolute Gasteiger partial charge is 0.481 e. The topological polar surface area (TPSA) is 77.8 Å². The molecule has 0 aliphatic heterocycles. The Bertz CT molecular complexity index is 401. The third kappa shape index (κ3) is 12.5. The van der Waals surface area contributed by atoms with E-state index in [1.807, 2.05) is 0 Å². The highest BCUT2D eigenvalue weighted by molar-refractivity contribution is 5.66. The highest BCUT2D eigenvalue weighted by Crippen LogP contribution is 2.53. The zero-order valence-electron chi connectivity index (χ0n) is 17.8. The van der Waals surface area contributed by atoms with Crippen molar-refractivity contribution in [1.82, 2.24) is 0 Å². The van der Waals surface area contributed by atoms with E-state index in [0.717, 1.165) is 57.8 Å². The number of hydrogen-bond acceptors (Lipinski definition) is 3. The summed E-state index contributed by atoms with van der Waals surface area (Å²) in [5, 5.41) is 27.9. The van der Waals surface area contributed by atoms with Gasteiger partial charge in [0.15, 0.2) is 0 Å². The monoisotopic (exact) mass is 384 g/mol. The van der Waals surface area contributed by atoms with E-state index in [2.05, 4.69) is 13.8 Å². The molecule has 0 radical (unpaired) electrons. The van der Waals surface area contributed by atoms with E-state index in [1.54, 1.807) is 0 Å². The van der Waals surface area contributed by atoms with Crippen molar-refractivity contribution < 1.29 is 20.1 Å². The summed E-state index contributed by atoms with van der Waals surface area (Å²) >= 11 is 0. The summed E-state index contributed by atoms with van der Waals surface area (Å²) in [5.41, 5.74) is 0.673. The molecule has 3 N–H and O–H groups in total. The van der Waals surface area contributed by atoms with Gasteiger partial charge in [0, 0.05) is 13.0 Å². The molecule has 0 amide bonds. The lowest BCUT2D eigenvalue weighted by molar-refractivity contribution is -0.137. The molecule has 0 aromatic heterocycles. The molecule has 1 aliphatic rings. The van der Waals surface area contributed by atoms with Crippen molar-refractivity contribution in [2.75, 3.05) is 6.61 Å². The van der Waals surface area contributed by atoms with Crippen molar-refractivity contribution in [2.45, 2.75) is 123 Å². The van der Waals surface area contributed by atoms with Gasteiger partial charge in [0.2, 0.25) is 0 Å². The van der Waals surface area contributed by atoms with Crippen LogP contribution in [-0.4, -0.2) is 34.0 Å². The Morgan fingerprint density at radius 3 is 2.07 bits per heavy atom. The summed E-state index contributed by atoms with van der Waals surface area (Å²) in [6.07, 6.45) is 16.8. The highest BCUT2D eigenvalue weighted by Gasteiger charge is 2.40. The van der Waals surface area contributed by atoms with Crippen LogP contribution < -0.4 is 0 Å². The highest BCUT2D eigenvalue weighted by atomic mass is 16.4. The number of rotatable bonds is 18. The predicted molar refractivity (Wildman–Crippen MR) is 111 cm³/mol. The Hall–Kier alpha value is -0.610. The summed E-state index contributed by atoms with van der Waals surface area (Å²) in [6.45, 7) is 4.63. The molecule has 0 saturated heterocycles. The molecule has 27 heavy (non-hydrogen) atoms. The minimum Gasteiger partial charge on any atom is -0.481 e. The summed E-state index contributed by atoms with van der Waals surface area (Å²) in [4.78, 5) is 10.7. The first kappa shape index (κ1) is 24.4. The first-order valence-corrected chi connectivity index (χ1v) is 11.3. The van der Waals surface area contributed by atoms with Gasteiger partial charge in [-0.15, -0.1) is 0 Å². The lowest BCUT2D eigenvalue weighted by atomic mass is 9.82. The molecule has 0 aromatic rings. The van der Waals surface area contributed by atoms with Crippen LogP contribution in [-0.2, 0) is 4.79 Å². The smallest absolute Gasteiger partial charge is 0.303 e. The van der Waals surface area contributed by atoms with Crippen LogP contribution in [0.1, 0.15) is 117 Å². The number of aliphatic hydroxyl groups is 2. The standard InChI is InChI=1S/C23H44O4/c1-22(2,16-12-21(26)27)13-7-3-5-10-20(25)11-6-4-8-14-23(17-18-23)15-9-19-24/h20,24-25H,3-19H2,1-2H3,(H,26,27). The maximum absolute atomic E-state index is 10.7. The maximum atomic E-state index is 10.7. The van der Waals surface area contributed by atoms with Gasteiger partial charge in [0.25, 0.3) is 0 Å². The zero-order chi connectivity index (χ0) is 20.2. The summed E-state index contributed by atoms with van der Waals surface area (Å²) in [6, 6.07) is 0. The van der Waals surface area contributed by atoms with Crippen molar-refractivity contribution in [2.24, 2.45) is 10.8 Å². The van der Waals surface area contributed by atoms with Gasteiger partial charge in [-0.1, -0.05) is 52.4 Å². The molecule has 1 saturated carbocycles. The van der Waals surface area contributed by atoms with Crippen molar-refractivity contribution in [3.8, 4) is 0 Å². The number of unbranched alkanes of at least 4 members (excludes halogenated alkanes) is 4. The minimum atomic E-state index is -0.705. The van der Waals surface area contributed by atoms with Crippen molar-refractivity contribution in [1.29, 1.82) is 0 Å². The molecule has 160 valence electrons. The van der Waals surface area contributed by atoms with Crippen molar-refractivity contribution in [3.05, 3.63) is 0 Å². The molecule has 0 bridgehead atoms. The molecule has 4 heteroatoms. The summed E-state index contributed by atoms with van der Waals surface area (Å²) in [5.74, 6) is -0.705. The fourth-order valence-electron chi connectivity index (χ4n) is 4.19. The van der Waals surface area contributed by atoms with Crippen molar-refractivity contribution >= 4 is 5.97 Å². The van der Waals surface area contributed by atoms with Crippen LogP contribution in [0.15, 0.2) is 0 Å². The zero-order valence-corrected chi connectivity index (χ0v) is 17.8. The van der Waals surface area contributed by atoms with E-state index in [1.165, 1.54) is 38.5 Å². The van der Waals surface area contributed by atoms with Gasteiger partial charge in [-0.3, -0.25) is 4.79 Å². The Balaban J connectivity index is 1.94. The average Bonchev–Trinajstić information content (AvgIpc) is 3.38. The Kier molecular flexibility index (Phi) is 11.6. The first-order chi connectivity index (χ1) is 12.8. The summed E-state index contributed by atoms with van der Waals surface area (Å²) < 4.78 is 0. The molecule has 1 aliphatic carbocycles. The lowest BCUT2D eigenvalue weighted by Gasteiger charge is -2.23. The van der Waals surface area contributed by atoms with Crippen LogP contribution in [0.25, 0.3) is 0 Å². The molecular weight excluding hydrogens is 340 g/mol. The number of aliphatic hydroxyl groups excluding tert-OH is 2. The van der Waals surface area contributed by atoms with Crippen LogP contribution in [0.4, 0.5) is 0 Å². The molecule has 1 fully saturated rings. The third-order valence-corrected chi connectivity index (χ3v) is 6.47. The molecule has 1 unspecified atom stereocenters. The van der Waals surface area contributed by atoms with Gasteiger partial charge >= 0.3 is 5.97 Å². The van der Waals surface area contributed by atoms with Gasteiger partial charge in [-0.2, -0.15) is 0 Å². The van der Waals surface area contributed by atoms with E-state index < -0.39 is 5.97 Å². The van der Waals surface area contributed by atoms with Gasteiger partial charge in [-0.05, 0) is 68.6 Å². The number of carboxylic acid groups (broad SMARTS) is 1. The molecule has 0 aromatic carbocycles. The van der Waals surface area contributed by atoms with Gasteiger partial charge in [0.05, 0.1) is 6.10 Å². The SMILES string of the molecule is CC(C)(CCCCCC(O)CCCCCC1(CCCO)CC1)CCC(=O)O. The average molecular weight is 385 g/mol. The number of aliphatic carboxylic acids is 1. The second-order valence-electron chi connectivity index (χ2n) is 9.74. The normalized spacial score (nSPS) is 17.0. The van der Waals surface area contributed by atoms with E-state index >= 15 is 0 Å². The Morgan fingerprint density at radius 1 is 0.926 bits per heavy atom. The van der Waals surface area contributed by atoms with E-state index in [9.17, 15) is 9.90 Å². The fourth-order valence-corrected chi connectivity index (χ4v) is 4.19. The number of carboxylic acids is 1. The number of hydrogen-bond donors (Lipinski definition) is 3. The van der Waals surface area contributed by atoms with Crippen LogP contribution in [0, 0.1) is 10.8 Å². The lowest BCUT2D eigenvalue weighted by Crippen LogP contribution is -2.13. The van der Waals surface area contributed by atoms with E-state index in [4.69, 9.17) is 10.2 Å². The fraction of sp³-hybridized carbons (Fsp3) is 0.957. The molecule has 1 atom stereocenters. The van der Waals surface area contributed by atoms with Crippen LogP contribution >= 0.6 is 0 Å². The van der Waals surface area contributed by atoms with Crippen LogP contribution in [0.2, 0.25) is 0 Å². The van der Waals surface area contributed by atoms with Gasteiger partial charge in [-0.25, -0.2) is 0 Å². The van der Waals surface area contributed by atoms with E-state index in [0.29, 0.717) is 12.0 Å².